The molecule has 0 fully saturated rings. The Hall–Kier alpha value is -1.06. The van der Waals surface area contributed by atoms with Gasteiger partial charge in [0.2, 0.25) is 0 Å². The number of carbonyl (C=O) groups excluding carboxylic acids is 1. The Bertz CT molecular complexity index is 366. The first-order valence-corrected chi connectivity index (χ1v) is 12.8. The van der Waals surface area contributed by atoms with Crippen molar-refractivity contribution in [2.24, 2.45) is 5.92 Å². The van der Waals surface area contributed by atoms with Crippen LogP contribution in [-0.2, 0) is 14.3 Å². The fraction of sp³-hybridized carbons (Fsp3) is 0.923. The Labute approximate surface area is 187 Å². The van der Waals surface area contributed by atoms with Gasteiger partial charge < -0.3 is 9.84 Å². The van der Waals surface area contributed by atoms with Crippen molar-refractivity contribution >= 4 is 11.9 Å². The predicted octanol–water partition coefficient (Wildman–Crippen LogP) is 8.32. The second-order valence-electron chi connectivity index (χ2n) is 8.66. The number of rotatable bonds is 20. The quantitative estimate of drug-likeness (QED) is 0.156. The van der Waals surface area contributed by atoms with Crippen LogP contribution < -0.4 is 0 Å². The highest BCUT2D eigenvalue weighted by molar-refractivity contribution is 5.69. The second kappa shape index (κ2) is 26.0. The topological polar surface area (TPSA) is 63.6 Å². The number of unbranched alkanes of at least 4 members (excludes halogenated alkanes) is 15. The van der Waals surface area contributed by atoms with Gasteiger partial charge in [0, 0.05) is 6.42 Å². The third-order valence-corrected chi connectivity index (χ3v) is 5.62. The van der Waals surface area contributed by atoms with Gasteiger partial charge in [-0.05, 0) is 12.8 Å². The van der Waals surface area contributed by atoms with Crippen molar-refractivity contribution in [1.82, 2.24) is 0 Å². The number of hydrogen-bond donors (Lipinski definition) is 1. The van der Waals surface area contributed by atoms with Crippen molar-refractivity contribution in [1.29, 1.82) is 0 Å². The van der Waals surface area contributed by atoms with Gasteiger partial charge >= 0.3 is 11.9 Å². The summed E-state index contributed by atoms with van der Waals surface area (Å²) in [6.45, 7) is 6.27. The molecule has 0 amide bonds. The molecular formula is C26H52O4. The van der Waals surface area contributed by atoms with Crippen LogP contribution in [0.25, 0.3) is 0 Å². The zero-order valence-corrected chi connectivity index (χ0v) is 20.7. The fourth-order valence-corrected chi connectivity index (χ4v) is 3.39. The van der Waals surface area contributed by atoms with E-state index in [1.165, 1.54) is 103 Å². The van der Waals surface area contributed by atoms with Crippen molar-refractivity contribution in [3.05, 3.63) is 0 Å². The van der Waals surface area contributed by atoms with Gasteiger partial charge in [-0.25, -0.2) is 0 Å². The molecule has 0 aromatic carbocycles. The normalized spacial score (nSPS) is 11.5. The molecule has 0 aromatic heterocycles. The maximum Gasteiger partial charge on any atom is 0.306 e. The lowest BCUT2D eigenvalue weighted by Gasteiger charge is -2.05. The number of esters is 1. The number of carboxylic acid groups (broad SMARTS) is 1. The molecule has 0 rings (SSSR count). The number of carbonyl (C=O) groups is 2. The Morgan fingerprint density at radius 2 is 1.03 bits per heavy atom. The third-order valence-electron chi connectivity index (χ3n) is 5.62. The Kier molecular flexibility index (Phi) is 27.0. The van der Waals surface area contributed by atoms with E-state index in [1.54, 1.807) is 6.92 Å². The van der Waals surface area contributed by atoms with E-state index >= 15 is 0 Å². The second-order valence-corrected chi connectivity index (χ2v) is 8.66. The SMILES string of the molecule is CCCCCCCCCCC(C)C(=O)O.CCCCCCCCCCCC(=O)OC. The molecule has 0 aliphatic heterocycles. The molecular weight excluding hydrogens is 376 g/mol. The van der Waals surface area contributed by atoms with Crippen LogP contribution in [0.4, 0.5) is 0 Å². The molecule has 4 nitrogen and oxygen atoms in total. The van der Waals surface area contributed by atoms with Crippen LogP contribution in [0.3, 0.4) is 0 Å². The van der Waals surface area contributed by atoms with Gasteiger partial charge in [0.15, 0.2) is 0 Å². The van der Waals surface area contributed by atoms with Crippen molar-refractivity contribution in [2.75, 3.05) is 7.11 Å². The largest absolute Gasteiger partial charge is 0.481 e. The van der Waals surface area contributed by atoms with Gasteiger partial charge in [0.1, 0.15) is 0 Å². The van der Waals surface area contributed by atoms with Crippen LogP contribution in [0.15, 0.2) is 0 Å². The lowest BCUT2D eigenvalue weighted by atomic mass is 10.0. The highest BCUT2D eigenvalue weighted by Gasteiger charge is 2.09. The molecule has 0 heterocycles. The average Bonchev–Trinajstić information content (AvgIpc) is 2.74. The van der Waals surface area contributed by atoms with E-state index in [9.17, 15) is 9.59 Å². The molecule has 0 radical (unpaired) electrons. The van der Waals surface area contributed by atoms with E-state index in [2.05, 4.69) is 18.6 Å². The monoisotopic (exact) mass is 428 g/mol. The van der Waals surface area contributed by atoms with E-state index in [1.807, 2.05) is 0 Å². The van der Waals surface area contributed by atoms with Gasteiger partial charge in [0.05, 0.1) is 13.0 Å². The summed E-state index contributed by atoms with van der Waals surface area (Å²) in [6, 6.07) is 0. The Morgan fingerprint density at radius 1 is 0.667 bits per heavy atom. The van der Waals surface area contributed by atoms with E-state index < -0.39 is 5.97 Å². The minimum absolute atomic E-state index is 0.0713. The van der Waals surface area contributed by atoms with Crippen LogP contribution in [0.5, 0.6) is 0 Å². The highest BCUT2D eigenvalue weighted by Crippen LogP contribution is 2.13. The molecule has 1 unspecified atom stereocenters. The lowest BCUT2D eigenvalue weighted by molar-refractivity contribution is -0.142. The van der Waals surface area contributed by atoms with E-state index in [0.29, 0.717) is 6.42 Å². The van der Waals surface area contributed by atoms with Crippen LogP contribution in [0, 0.1) is 5.92 Å². The molecule has 0 aliphatic carbocycles. The zero-order valence-electron chi connectivity index (χ0n) is 20.7. The Balaban J connectivity index is 0. The van der Waals surface area contributed by atoms with Crippen LogP contribution in [0.2, 0.25) is 0 Å². The zero-order chi connectivity index (χ0) is 22.9. The summed E-state index contributed by atoms with van der Waals surface area (Å²) in [5, 5.41) is 8.68. The fourth-order valence-electron chi connectivity index (χ4n) is 3.39. The molecule has 0 aliphatic rings. The summed E-state index contributed by atoms with van der Waals surface area (Å²) in [4.78, 5) is 21.3. The summed E-state index contributed by atoms with van der Waals surface area (Å²) < 4.78 is 4.58. The minimum atomic E-state index is -0.655. The number of ether oxygens (including phenoxy) is 1. The maximum atomic E-state index is 10.8. The van der Waals surface area contributed by atoms with Gasteiger partial charge in [-0.3, -0.25) is 9.59 Å². The first-order valence-electron chi connectivity index (χ1n) is 12.8. The predicted molar refractivity (Wildman–Crippen MR) is 128 cm³/mol. The van der Waals surface area contributed by atoms with Gasteiger partial charge in [0.25, 0.3) is 0 Å². The molecule has 0 saturated heterocycles. The van der Waals surface area contributed by atoms with Crippen molar-refractivity contribution in [2.45, 2.75) is 143 Å². The van der Waals surface area contributed by atoms with Gasteiger partial charge in [-0.15, -0.1) is 0 Å². The Morgan fingerprint density at radius 3 is 1.40 bits per heavy atom. The number of aliphatic carboxylic acids is 1. The van der Waals surface area contributed by atoms with Crippen molar-refractivity contribution in [3.63, 3.8) is 0 Å². The van der Waals surface area contributed by atoms with Crippen molar-refractivity contribution < 1.29 is 19.4 Å². The highest BCUT2D eigenvalue weighted by atomic mass is 16.5. The smallest absolute Gasteiger partial charge is 0.306 e. The van der Waals surface area contributed by atoms with Crippen molar-refractivity contribution in [3.8, 4) is 0 Å². The molecule has 4 heteroatoms. The summed E-state index contributed by atoms with van der Waals surface area (Å²) >= 11 is 0. The van der Waals surface area contributed by atoms with E-state index in [0.717, 1.165) is 19.3 Å². The molecule has 1 N–H and O–H groups in total. The standard InChI is InChI=1S/2C13H26O2/c1-3-4-5-6-7-8-9-10-11-12-13(14)15-2;1-3-4-5-6-7-8-9-10-11-12(2)13(14)15/h3-12H2,1-2H3;12H,3-11H2,1-2H3,(H,14,15). The molecule has 0 bridgehead atoms. The van der Waals surface area contributed by atoms with Crippen LogP contribution >= 0.6 is 0 Å². The van der Waals surface area contributed by atoms with Crippen LogP contribution in [-0.4, -0.2) is 24.2 Å². The summed E-state index contributed by atoms with van der Waals surface area (Å²) in [5.74, 6) is -0.888. The average molecular weight is 429 g/mol. The molecule has 1 atom stereocenters. The summed E-state index contributed by atoms with van der Waals surface area (Å²) in [7, 11) is 1.45. The molecule has 0 saturated carbocycles. The first kappa shape index (κ1) is 31.1. The molecule has 0 aromatic rings. The maximum absolute atomic E-state index is 10.8. The summed E-state index contributed by atoms with van der Waals surface area (Å²) in [6.07, 6.45) is 23.2. The van der Waals surface area contributed by atoms with E-state index in [4.69, 9.17) is 5.11 Å². The van der Waals surface area contributed by atoms with Gasteiger partial charge in [-0.2, -0.15) is 0 Å². The molecule has 180 valence electrons. The lowest BCUT2D eigenvalue weighted by Crippen LogP contribution is -2.08. The van der Waals surface area contributed by atoms with Crippen LogP contribution in [0.1, 0.15) is 143 Å². The minimum Gasteiger partial charge on any atom is -0.481 e. The molecule has 0 spiro atoms. The van der Waals surface area contributed by atoms with E-state index in [-0.39, 0.29) is 11.9 Å². The number of hydrogen-bond acceptors (Lipinski definition) is 3. The third kappa shape index (κ3) is 26.9. The first-order chi connectivity index (χ1) is 14.5. The number of methoxy groups -OCH3 is 1. The molecule has 30 heavy (non-hydrogen) atoms. The number of carboxylic acids is 1. The van der Waals surface area contributed by atoms with Gasteiger partial charge in [-0.1, -0.05) is 124 Å². The summed E-state index contributed by atoms with van der Waals surface area (Å²) in [5.41, 5.74) is 0.